The van der Waals surface area contributed by atoms with Gasteiger partial charge in [-0.15, -0.1) is 0 Å². The zero-order chi connectivity index (χ0) is 19.1. The maximum atomic E-state index is 10.6. The Morgan fingerprint density at radius 3 is 1.58 bits per heavy atom. The van der Waals surface area contributed by atoms with Crippen molar-refractivity contribution in [3.63, 3.8) is 0 Å². The second-order valence-corrected chi connectivity index (χ2v) is 5.32. The van der Waals surface area contributed by atoms with E-state index in [0.29, 0.717) is 0 Å². The Balaban J connectivity index is 0. The first-order chi connectivity index (χ1) is 11.2. The van der Waals surface area contributed by atoms with Crippen molar-refractivity contribution in [1.82, 2.24) is 0 Å². The van der Waals surface area contributed by atoms with Crippen LogP contribution in [0.1, 0.15) is 32.1 Å². The summed E-state index contributed by atoms with van der Waals surface area (Å²) in [5.41, 5.74) is -0.186. The number of unbranched alkanes of at least 4 members (excludes halogenated alkanes) is 1. The molecular weight excluding hydrogens is 320 g/mol. The van der Waals surface area contributed by atoms with Crippen molar-refractivity contribution in [2.24, 2.45) is 5.92 Å². The van der Waals surface area contributed by atoms with E-state index in [9.17, 15) is 14.7 Å². The summed E-state index contributed by atoms with van der Waals surface area (Å²) >= 11 is 0. The smallest absolute Gasteiger partial charge is 0.331 e. The molecule has 0 rings (SSSR count). The molecule has 0 bridgehead atoms. The van der Waals surface area contributed by atoms with Gasteiger partial charge in [0, 0.05) is 37.4 Å². The van der Waals surface area contributed by atoms with Gasteiger partial charge in [0.15, 0.2) is 0 Å². The molecule has 0 aromatic rings. The van der Waals surface area contributed by atoms with Crippen LogP contribution in [0.25, 0.3) is 0 Å². The number of hydrogen-bond acceptors (Lipinski definition) is 6. The van der Waals surface area contributed by atoms with Crippen LogP contribution in [-0.2, 0) is 9.59 Å². The number of carboxylic acid groups (broad SMARTS) is 2. The van der Waals surface area contributed by atoms with Gasteiger partial charge in [-0.1, -0.05) is 13.2 Å². The second kappa shape index (κ2) is 14.8. The van der Waals surface area contributed by atoms with E-state index >= 15 is 0 Å². The maximum Gasteiger partial charge on any atom is 0.331 e. The minimum absolute atomic E-state index is 0.0441. The highest BCUT2D eigenvalue weighted by Crippen LogP contribution is 2.19. The first-order valence-corrected chi connectivity index (χ1v) is 7.52. The molecule has 24 heavy (non-hydrogen) atoms. The van der Waals surface area contributed by atoms with Gasteiger partial charge < -0.3 is 30.6 Å². The summed E-state index contributed by atoms with van der Waals surface area (Å²) in [6.45, 7) is 6.70. The Bertz CT molecular complexity index is 401. The van der Waals surface area contributed by atoms with Crippen molar-refractivity contribution in [2.45, 2.75) is 38.2 Å². The van der Waals surface area contributed by atoms with Crippen LogP contribution in [0, 0.1) is 5.92 Å². The van der Waals surface area contributed by atoms with E-state index in [1.807, 2.05) is 0 Å². The monoisotopic (exact) mass is 348 g/mol. The van der Waals surface area contributed by atoms with Gasteiger partial charge in [0.05, 0.1) is 6.10 Å². The van der Waals surface area contributed by atoms with E-state index in [4.69, 9.17) is 25.5 Å². The van der Waals surface area contributed by atoms with Crippen LogP contribution < -0.4 is 0 Å². The van der Waals surface area contributed by atoms with Gasteiger partial charge in [-0.05, 0) is 31.6 Å². The lowest BCUT2D eigenvalue weighted by molar-refractivity contribution is -0.133. The molecule has 0 aliphatic rings. The van der Waals surface area contributed by atoms with Gasteiger partial charge >= 0.3 is 11.9 Å². The molecule has 0 radical (unpaired) electrons. The number of rotatable bonds is 12. The summed E-state index contributed by atoms with van der Waals surface area (Å²) in [4.78, 5) is 21.1. The number of carbonyl (C=O) groups is 2. The molecule has 2 atom stereocenters. The first-order valence-electron chi connectivity index (χ1n) is 7.52. The van der Waals surface area contributed by atoms with Gasteiger partial charge in [-0.2, -0.15) is 0 Å². The first kappa shape index (κ1) is 24.5. The number of aliphatic hydroxyl groups is 4. The van der Waals surface area contributed by atoms with Gasteiger partial charge in [-0.25, -0.2) is 9.59 Å². The van der Waals surface area contributed by atoms with E-state index in [1.165, 1.54) is 0 Å². The fraction of sp³-hybridized carbons (Fsp3) is 0.625. The van der Waals surface area contributed by atoms with Crippen LogP contribution in [0.3, 0.4) is 0 Å². The normalized spacial score (nSPS) is 12.5. The quantitative estimate of drug-likeness (QED) is 0.215. The van der Waals surface area contributed by atoms with E-state index in [-0.39, 0.29) is 50.2 Å². The molecule has 0 fully saturated rings. The lowest BCUT2D eigenvalue weighted by atomic mass is 9.92. The Labute approximate surface area is 141 Å². The third-order valence-electron chi connectivity index (χ3n) is 3.05. The zero-order valence-electron chi connectivity index (χ0n) is 13.7. The number of aliphatic carboxylic acids is 2. The average Bonchev–Trinajstić information content (AvgIpc) is 2.52. The average molecular weight is 348 g/mol. The maximum absolute atomic E-state index is 10.6. The number of aliphatic hydroxyl groups excluding tert-OH is 4. The minimum atomic E-state index is -1.19. The van der Waals surface area contributed by atoms with E-state index < -0.39 is 24.0 Å². The second-order valence-electron chi connectivity index (χ2n) is 5.32. The largest absolute Gasteiger partial charge is 0.478 e. The van der Waals surface area contributed by atoms with Crippen LogP contribution in [-0.4, -0.2) is 68.5 Å². The van der Waals surface area contributed by atoms with Crippen molar-refractivity contribution in [2.75, 3.05) is 19.8 Å². The Morgan fingerprint density at radius 2 is 1.25 bits per heavy atom. The van der Waals surface area contributed by atoms with Crippen molar-refractivity contribution in [1.29, 1.82) is 0 Å². The van der Waals surface area contributed by atoms with E-state index in [1.54, 1.807) is 0 Å². The Morgan fingerprint density at radius 1 is 0.833 bits per heavy atom. The zero-order valence-corrected chi connectivity index (χ0v) is 13.7. The molecule has 0 aliphatic heterocycles. The minimum Gasteiger partial charge on any atom is -0.478 e. The third kappa shape index (κ3) is 13.9. The molecule has 2 unspecified atom stereocenters. The summed E-state index contributed by atoms with van der Waals surface area (Å²) in [6.07, 6.45) is 0.475. The Kier molecular flexibility index (Phi) is 15.1. The van der Waals surface area contributed by atoms with Crippen molar-refractivity contribution < 1.29 is 40.2 Å². The van der Waals surface area contributed by atoms with Gasteiger partial charge in [0.2, 0.25) is 0 Å². The van der Waals surface area contributed by atoms with Crippen LogP contribution in [0.2, 0.25) is 0 Å². The SMILES string of the molecule is C=C(CC(O)CC(CO)CC(=C)C(=O)O)C(=O)O.OCCCCO. The fourth-order valence-electron chi connectivity index (χ4n) is 1.72. The molecule has 0 heterocycles. The molecule has 8 nitrogen and oxygen atoms in total. The fourth-order valence-corrected chi connectivity index (χ4v) is 1.72. The van der Waals surface area contributed by atoms with Gasteiger partial charge in [0.25, 0.3) is 0 Å². The molecule has 140 valence electrons. The molecule has 0 aliphatic carbocycles. The highest BCUT2D eigenvalue weighted by Gasteiger charge is 2.19. The lowest BCUT2D eigenvalue weighted by Crippen LogP contribution is -2.20. The molecule has 6 N–H and O–H groups in total. The predicted octanol–water partition coefficient (Wildman–Crippen LogP) is 0.159. The van der Waals surface area contributed by atoms with Gasteiger partial charge in [0.1, 0.15) is 0 Å². The standard InChI is InChI=1S/C12H18O6.C4H10O2/c1-7(11(15)16)3-9(6-13)5-10(14)4-8(2)12(17)18;5-3-1-2-4-6/h9-10,13-14H,1-6H2,(H,15,16)(H,17,18);5-6H,1-4H2. The summed E-state index contributed by atoms with van der Waals surface area (Å²) in [5.74, 6) is -2.81. The summed E-state index contributed by atoms with van der Waals surface area (Å²) in [7, 11) is 0. The lowest BCUT2D eigenvalue weighted by Gasteiger charge is -2.18. The van der Waals surface area contributed by atoms with E-state index in [2.05, 4.69) is 13.2 Å². The highest BCUT2D eigenvalue weighted by molar-refractivity contribution is 5.86. The molecule has 0 aromatic heterocycles. The summed E-state index contributed by atoms with van der Waals surface area (Å²) in [5, 5.41) is 52.1. The predicted molar refractivity (Wildman–Crippen MR) is 87.4 cm³/mol. The molecular formula is C16H28O8. The number of hydrogen-bond donors (Lipinski definition) is 6. The van der Waals surface area contributed by atoms with Crippen LogP contribution in [0.4, 0.5) is 0 Å². The van der Waals surface area contributed by atoms with Crippen molar-refractivity contribution in [3.8, 4) is 0 Å². The van der Waals surface area contributed by atoms with Crippen molar-refractivity contribution >= 4 is 11.9 Å². The summed E-state index contributed by atoms with van der Waals surface area (Å²) < 4.78 is 0. The summed E-state index contributed by atoms with van der Waals surface area (Å²) in [6, 6.07) is 0. The number of carboxylic acids is 2. The molecule has 0 saturated heterocycles. The van der Waals surface area contributed by atoms with Crippen LogP contribution in [0.15, 0.2) is 24.3 Å². The molecule has 0 amide bonds. The van der Waals surface area contributed by atoms with Gasteiger partial charge in [-0.3, -0.25) is 0 Å². The van der Waals surface area contributed by atoms with Crippen LogP contribution >= 0.6 is 0 Å². The molecule has 8 heteroatoms. The van der Waals surface area contributed by atoms with Crippen molar-refractivity contribution in [3.05, 3.63) is 24.3 Å². The topological polar surface area (TPSA) is 156 Å². The molecule has 0 spiro atoms. The molecule has 0 aromatic carbocycles. The van der Waals surface area contributed by atoms with Crippen LogP contribution in [0.5, 0.6) is 0 Å². The highest BCUT2D eigenvalue weighted by atomic mass is 16.4. The molecule has 0 saturated carbocycles. The Hall–Kier alpha value is -1.74. The third-order valence-corrected chi connectivity index (χ3v) is 3.05. The van der Waals surface area contributed by atoms with E-state index in [0.717, 1.165) is 12.8 Å².